The van der Waals surface area contributed by atoms with Crippen molar-refractivity contribution in [1.29, 1.82) is 0 Å². The van der Waals surface area contributed by atoms with Crippen molar-refractivity contribution in [1.82, 2.24) is 10.7 Å². The molecule has 0 aromatic heterocycles. The minimum atomic E-state index is 0.613. The van der Waals surface area contributed by atoms with Gasteiger partial charge in [-0.2, -0.15) is 0 Å². The summed E-state index contributed by atoms with van der Waals surface area (Å²) in [6.07, 6.45) is 1.93. The smallest absolute Gasteiger partial charge is 0.206 e. The molecule has 0 atom stereocenters. The quantitative estimate of drug-likeness (QED) is 0.227. The fourth-order valence-corrected chi connectivity index (χ4v) is 1.80. The Labute approximate surface area is 115 Å². The van der Waals surface area contributed by atoms with Crippen LogP contribution in [0.3, 0.4) is 0 Å². The lowest BCUT2D eigenvalue weighted by atomic mass is 10.1. The number of nitrogens with one attached hydrogen (secondary N) is 2. The molecule has 0 aliphatic heterocycles. The molecule has 0 aliphatic carbocycles. The number of hydrogen-bond donors (Lipinski definition) is 3. The van der Waals surface area contributed by atoms with Crippen molar-refractivity contribution in [2.75, 3.05) is 20.3 Å². The maximum absolute atomic E-state index is 5.45. The van der Waals surface area contributed by atoms with Crippen molar-refractivity contribution in [3.63, 3.8) is 0 Å². The second kappa shape index (κ2) is 9.35. The molecule has 5 heteroatoms. The van der Waals surface area contributed by atoms with E-state index in [2.05, 4.69) is 40.9 Å². The van der Waals surface area contributed by atoms with Gasteiger partial charge in [0.2, 0.25) is 5.96 Å². The van der Waals surface area contributed by atoms with Gasteiger partial charge in [0.1, 0.15) is 0 Å². The van der Waals surface area contributed by atoms with Crippen LogP contribution in [0.2, 0.25) is 0 Å². The van der Waals surface area contributed by atoms with Gasteiger partial charge < -0.3 is 10.1 Å². The topological polar surface area (TPSA) is 71.7 Å². The lowest BCUT2D eigenvalue weighted by molar-refractivity contribution is 0.195. The molecule has 1 aromatic rings. The Morgan fingerprint density at radius 2 is 2.05 bits per heavy atom. The third kappa shape index (κ3) is 5.72. The summed E-state index contributed by atoms with van der Waals surface area (Å²) in [5, 5.41) is 3.15. The minimum Gasteiger partial charge on any atom is -0.385 e. The average Bonchev–Trinajstić information content (AvgIpc) is 2.47. The van der Waals surface area contributed by atoms with E-state index in [0.29, 0.717) is 12.5 Å². The van der Waals surface area contributed by atoms with Crippen LogP contribution >= 0.6 is 0 Å². The number of ether oxygens (including phenoxy) is 1. The summed E-state index contributed by atoms with van der Waals surface area (Å²) < 4.78 is 4.99. The van der Waals surface area contributed by atoms with E-state index < -0.39 is 0 Å². The Morgan fingerprint density at radius 3 is 2.68 bits per heavy atom. The highest BCUT2D eigenvalue weighted by Gasteiger charge is 2.00. The number of hydrogen-bond acceptors (Lipinski definition) is 3. The number of hydrazine groups is 1. The van der Waals surface area contributed by atoms with Gasteiger partial charge in [0.25, 0.3) is 0 Å². The Balaban J connectivity index is 2.51. The highest BCUT2D eigenvalue weighted by atomic mass is 16.5. The molecule has 1 rings (SSSR count). The Morgan fingerprint density at radius 1 is 1.32 bits per heavy atom. The van der Waals surface area contributed by atoms with Crippen LogP contribution in [0.15, 0.2) is 29.3 Å². The zero-order chi connectivity index (χ0) is 13.9. The second-order valence-corrected chi connectivity index (χ2v) is 4.20. The first-order valence-electron chi connectivity index (χ1n) is 6.62. The van der Waals surface area contributed by atoms with Gasteiger partial charge in [0.15, 0.2) is 0 Å². The Bertz CT molecular complexity index is 393. The maximum atomic E-state index is 5.45. The van der Waals surface area contributed by atoms with Crippen LogP contribution in [0.25, 0.3) is 0 Å². The van der Waals surface area contributed by atoms with Gasteiger partial charge in [-0.25, -0.2) is 10.8 Å². The van der Waals surface area contributed by atoms with E-state index in [9.17, 15) is 0 Å². The first kappa shape index (κ1) is 15.5. The predicted octanol–water partition coefficient (Wildman–Crippen LogP) is 1.19. The van der Waals surface area contributed by atoms with Crippen molar-refractivity contribution in [2.45, 2.75) is 26.3 Å². The van der Waals surface area contributed by atoms with E-state index in [0.717, 1.165) is 26.0 Å². The molecule has 0 amide bonds. The lowest BCUT2D eigenvalue weighted by Crippen LogP contribution is -2.42. The summed E-state index contributed by atoms with van der Waals surface area (Å²) in [4.78, 5) is 4.45. The Hall–Kier alpha value is -1.59. The van der Waals surface area contributed by atoms with Crippen molar-refractivity contribution in [2.24, 2.45) is 10.8 Å². The number of methoxy groups -OCH3 is 1. The normalized spacial score (nSPS) is 11.4. The largest absolute Gasteiger partial charge is 0.385 e. The van der Waals surface area contributed by atoms with Crippen molar-refractivity contribution < 1.29 is 4.74 Å². The summed E-state index contributed by atoms with van der Waals surface area (Å²) in [5.74, 6) is 6.06. The fourth-order valence-electron chi connectivity index (χ4n) is 1.80. The number of aliphatic imine (C=N–C) groups is 1. The molecular formula is C14H24N4O. The third-order valence-electron chi connectivity index (χ3n) is 2.86. The standard InChI is InChI=1S/C14H24N4O/c1-3-12-7-4-5-8-13(12)11-17-14(18-15)16-9-6-10-19-2/h4-5,7-8H,3,6,9-11,15H2,1-2H3,(H2,16,17,18). The number of benzene rings is 1. The van der Waals surface area contributed by atoms with E-state index in [1.165, 1.54) is 11.1 Å². The highest BCUT2D eigenvalue weighted by molar-refractivity contribution is 5.79. The van der Waals surface area contributed by atoms with Crippen molar-refractivity contribution >= 4 is 5.96 Å². The van der Waals surface area contributed by atoms with Gasteiger partial charge in [-0.1, -0.05) is 31.2 Å². The van der Waals surface area contributed by atoms with Crippen molar-refractivity contribution in [3.8, 4) is 0 Å². The van der Waals surface area contributed by atoms with E-state index in [1.807, 2.05) is 6.07 Å². The monoisotopic (exact) mass is 264 g/mol. The van der Waals surface area contributed by atoms with Gasteiger partial charge in [0, 0.05) is 20.3 Å². The molecule has 0 fully saturated rings. The van der Waals surface area contributed by atoms with E-state index in [4.69, 9.17) is 10.6 Å². The van der Waals surface area contributed by atoms with E-state index >= 15 is 0 Å². The van der Waals surface area contributed by atoms with E-state index in [1.54, 1.807) is 7.11 Å². The van der Waals surface area contributed by atoms with Crippen LogP contribution in [0.4, 0.5) is 0 Å². The number of nitrogens with zero attached hydrogens (tertiary/aromatic N) is 1. The van der Waals surface area contributed by atoms with Gasteiger partial charge in [-0.15, -0.1) is 0 Å². The summed E-state index contributed by atoms with van der Waals surface area (Å²) >= 11 is 0. The van der Waals surface area contributed by atoms with Crippen LogP contribution in [0.5, 0.6) is 0 Å². The third-order valence-corrected chi connectivity index (χ3v) is 2.86. The van der Waals surface area contributed by atoms with Crippen LogP contribution in [-0.2, 0) is 17.7 Å². The first-order chi connectivity index (χ1) is 9.31. The molecule has 19 heavy (non-hydrogen) atoms. The summed E-state index contributed by atoms with van der Waals surface area (Å²) in [6.45, 7) is 4.28. The summed E-state index contributed by atoms with van der Waals surface area (Å²) in [7, 11) is 1.69. The zero-order valence-corrected chi connectivity index (χ0v) is 11.8. The average molecular weight is 264 g/mol. The molecule has 1 aromatic carbocycles. The van der Waals surface area contributed by atoms with Crippen LogP contribution in [0.1, 0.15) is 24.5 Å². The van der Waals surface area contributed by atoms with Crippen LogP contribution in [-0.4, -0.2) is 26.2 Å². The summed E-state index contributed by atoms with van der Waals surface area (Å²) in [5.41, 5.74) is 5.14. The van der Waals surface area contributed by atoms with Crippen molar-refractivity contribution in [3.05, 3.63) is 35.4 Å². The minimum absolute atomic E-state index is 0.613. The predicted molar refractivity (Wildman–Crippen MR) is 78.8 cm³/mol. The molecule has 4 N–H and O–H groups in total. The molecule has 0 heterocycles. The van der Waals surface area contributed by atoms with Crippen LogP contribution < -0.4 is 16.6 Å². The molecule has 0 saturated heterocycles. The molecular weight excluding hydrogens is 240 g/mol. The van der Waals surface area contributed by atoms with Gasteiger partial charge in [-0.3, -0.25) is 5.43 Å². The molecule has 0 aliphatic rings. The second-order valence-electron chi connectivity index (χ2n) is 4.20. The summed E-state index contributed by atoms with van der Waals surface area (Å²) in [6, 6.07) is 8.32. The molecule has 0 unspecified atom stereocenters. The van der Waals surface area contributed by atoms with Gasteiger partial charge >= 0.3 is 0 Å². The van der Waals surface area contributed by atoms with Gasteiger partial charge in [0.05, 0.1) is 6.54 Å². The zero-order valence-electron chi connectivity index (χ0n) is 11.8. The number of aryl methyl sites for hydroxylation is 1. The first-order valence-corrected chi connectivity index (χ1v) is 6.62. The molecule has 106 valence electrons. The lowest BCUT2D eigenvalue weighted by Gasteiger charge is -2.10. The molecule has 0 spiro atoms. The molecule has 0 radical (unpaired) electrons. The number of rotatable bonds is 7. The van der Waals surface area contributed by atoms with Gasteiger partial charge in [-0.05, 0) is 24.0 Å². The number of nitrogens with two attached hydrogens (primary N) is 1. The Kier molecular flexibility index (Phi) is 7.62. The SMILES string of the molecule is CCc1ccccc1CN=C(NN)NCCCOC. The fraction of sp³-hybridized carbons (Fsp3) is 0.500. The highest BCUT2D eigenvalue weighted by Crippen LogP contribution is 2.10. The molecule has 0 bridgehead atoms. The maximum Gasteiger partial charge on any atom is 0.206 e. The molecule has 0 saturated carbocycles. The van der Waals surface area contributed by atoms with Crippen LogP contribution in [0, 0.1) is 0 Å². The van der Waals surface area contributed by atoms with E-state index in [-0.39, 0.29) is 0 Å². The molecule has 5 nitrogen and oxygen atoms in total. The number of guanidine groups is 1.